The highest BCUT2D eigenvalue weighted by Crippen LogP contribution is 2.60. The summed E-state index contributed by atoms with van der Waals surface area (Å²) in [7, 11) is 1.74. The van der Waals surface area contributed by atoms with Crippen LogP contribution in [-0.4, -0.2) is 57.4 Å². The number of halogens is 2. The number of nitrogens with zero attached hydrogens (tertiary/aromatic N) is 1. The maximum atomic E-state index is 12.8. The summed E-state index contributed by atoms with van der Waals surface area (Å²) in [6.45, 7) is 5.56. The van der Waals surface area contributed by atoms with Gasteiger partial charge >= 0.3 is 11.9 Å². The predicted molar refractivity (Wildman–Crippen MR) is 116 cm³/mol. The Hall–Kier alpha value is -0.900. The van der Waals surface area contributed by atoms with E-state index in [-0.39, 0.29) is 6.42 Å². The molecule has 5 atom stereocenters. The number of benzene rings is 1. The molecule has 0 amide bonds. The molecule has 28 heavy (non-hydrogen) atoms. The van der Waals surface area contributed by atoms with E-state index in [0.717, 1.165) is 0 Å². The van der Waals surface area contributed by atoms with Crippen LogP contribution in [-0.2, 0) is 14.3 Å². The zero-order valence-corrected chi connectivity index (χ0v) is 19.4. The summed E-state index contributed by atoms with van der Waals surface area (Å²) in [5.74, 6) is -3.01. The monoisotopic (exact) mass is 523 g/mol. The van der Waals surface area contributed by atoms with Gasteiger partial charge in [-0.1, -0.05) is 59.3 Å². The first-order valence-corrected chi connectivity index (χ1v) is 11.1. The van der Waals surface area contributed by atoms with E-state index < -0.39 is 41.0 Å². The van der Waals surface area contributed by atoms with Crippen LogP contribution in [0.1, 0.15) is 38.7 Å². The number of carbonyl (C=O) groups is 2. The molecule has 0 aromatic heterocycles. The number of carboxylic acids is 2. The average Bonchev–Trinajstić information content (AvgIpc) is 2.65. The lowest BCUT2D eigenvalue weighted by atomic mass is 9.52. The van der Waals surface area contributed by atoms with E-state index in [1.807, 2.05) is 0 Å². The Balaban J connectivity index is 2.88. The van der Waals surface area contributed by atoms with Crippen LogP contribution < -0.4 is 0 Å². The van der Waals surface area contributed by atoms with Crippen molar-refractivity contribution in [3.63, 3.8) is 0 Å². The lowest BCUT2D eigenvalue weighted by molar-refractivity contribution is -0.227. The van der Waals surface area contributed by atoms with E-state index in [4.69, 9.17) is 16.3 Å². The molecular weight excluding hydrogens is 497 g/mol. The Morgan fingerprint density at radius 2 is 1.89 bits per heavy atom. The molecule has 1 aromatic carbocycles. The number of rotatable bonds is 7. The van der Waals surface area contributed by atoms with Crippen molar-refractivity contribution >= 4 is 46.1 Å². The normalized spacial score (nSPS) is 33.6. The van der Waals surface area contributed by atoms with Gasteiger partial charge in [-0.25, -0.2) is 0 Å². The highest BCUT2D eigenvalue weighted by Gasteiger charge is 2.68. The van der Waals surface area contributed by atoms with Crippen LogP contribution >= 0.6 is 34.2 Å². The van der Waals surface area contributed by atoms with Crippen molar-refractivity contribution in [2.45, 2.75) is 45.4 Å². The third-order valence-corrected chi connectivity index (χ3v) is 7.20. The quantitative estimate of drug-likeness (QED) is 0.413. The predicted octanol–water partition coefficient (Wildman–Crippen LogP) is 4.11. The lowest BCUT2D eigenvalue weighted by Crippen LogP contribution is -2.70. The average molecular weight is 524 g/mol. The van der Waals surface area contributed by atoms with Crippen molar-refractivity contribution in [3.8, 4) is 0 Å². The van der Waals surface area contributed by atoms with Gasteiger partial charge in [-0.05, 0) is 38.9 Å². The highest BCUT2D eigenvalue weighted by molar-refractivity contribution is 14.1. The van der Waals surface area contributed by atoms with E-state index in [0.29, 0.717) is 21.6 Å². The van der Waals surface area contributed by atoms with Crippen LogP contribution in [0.25, 0.3) is 0 Å². The summed E-state index contributed by atoms with van der Waals surface area (Å²) >= 11 is 8.64. The van der Waals surface area contributed by atoms with Gasteiger partial charge in [0.25, 0.3) is 0 Å². The molecule has 0 aliphatic carbocycles. The van der Waals surface area contributed by atoms with Crippen molar-refractivity contribution in [2.75, 3.05) is 18.1 Å². The van der Waals surface area contributed by atoms with Crippen molar-refractivity contribution in [1.82, 2.24) is 4.90 Å². The molecule has 8 heteroatoms. The molecule has 1 saturated heterocycles. The number of hydrogen-bond donors (Lipinski definition) is 2. The molecule has 1 aliphatic heterocycles. The minimum absolute atomic E-state index is 0.198. The second-order valence-corrected chi connectivity index (χ2v) is 8.98. The van der Waals surface area contributed by atoms with Crippen molar-refractivity contribution in [3.05, 3.63) is 34.9 Å². The molecule has 1 fully saturated rings. The summed E-state index contributed by atoms with van der Waals surface area (Å²) in [5, 5.41) is 21.1. The van der Waals surface area contributed by atoms with E-state index in [1.54, 1.807) is 57.0 Å². The van der Waals surface area contributed by atoms with Crippen LogP contribution in [0.2, 0.25) is 5.02 Å². The summed E-state index contributed by atoms with van der Waals surface area (Å²) in [6.07, 6.45) is -0.585. The fraction of sp³-hybridized carbons (Fsp3) is 0.600. The molecule has 1 heterocycles. The molecule has 0 spiro atoms. The van der Waals surface area contributed by atoms with Gasteiger partial charge in [0.15, 0.2) is 0 Å². The number of likely N-dealkylation sites (tertiary alicyclic amines) is 1. The first kappa shape index (κ1) is 23.4. The van der Waals surface area contributed by atoms with Gasteiger partial charge in [-0.3, -0.25) is 14.5 Å². The standard InChI is InChI=1S/C20H27ClINO5/c1-5-20(18(26)27)15(13-8-6-7-9-14(13)21)19(3,17(24)25)12(2)23(4)16(20)28-11-10-22/h6-9,12,15-16H,5,10-11H2,1-4H3,(H,24,25)(H,26,27). The van der Waals surface area contributed by atoms with Gasteiger partial charge in [-0.2, -0.15) is 0 Å². The molecule has 1 aliphatic rings. The number of carboxylic acid groups (broad SMARTS) is 2. The molecule has 156 valence electrons. The zero-order chi connectivity index (χ0) is 21.3. The van der Waals surface area contributed by atoms with Crippen LogP contribution in [0.5, 0.6) is 0 Å². The number of piperidine rings is 1. The maximum Gasteiger partial charge on any atom is 0.314 e. The van der Waals surface area contributed by atoms with Crippen LogP contribution in [0.15, 0.2) is 24.3 Å². The Kier molecular flexibility index (Phi) is 7.39. The molecular formula is C20H27ClINO5. The molecule has 0 bridgehead atoms. The Labute approximate surface area is 184 Å². The van der Waals surface area contributed by atoms with Crippen LogP contribution in [0, 0.1) is 10.8 Å². The minimum Gasteiger partial charge on any atom is -0.481 e. The third-order valence-electron chi connectivity index (χ3n) is 6.42. The molecule has 0 radical (unpaired) electrons. The van der Waals surface area contributed by atoms with E-state index in [1.165, 1.54) is 0 Å². The lowest BCUT2D eigenvalue weighted by Gasteiger charge is -2.59. The Morgan fingerprint density at radius 1 is 1.29 bits per heavy atom. The number of alkyl halides is 1. The molecule has 5 unspecified atom stereocenters. The first-order valence-electron chi connectivity index (χ1n) is 9.21. The van der Waals surface area contributed by atoms with Gasteiger partial charge in [0.05, 0.1) is 12.0 Å². The zero-order valence-electron chi connectivity index (χ0n) is 16.5. The largest absolute Gasteiger partial charge is 0.481 e. The van der Waals surface area contributed by atoms with Crippen molar-refractivity contribution < 1.29 is 24.5 Å². The Bertz CT molecular complexity index is 747. The summed E-state index contributed by atoms with van der Waals surface area (Å²) in [6, 6.07) is 6.43. The first-order chi connectivity index (χ1) is 13.1. The summed E-state index contributed by atoms with van der Waals surface area (Å²) < 4.78 is 6.75. The molecule has 6 nitrogen and oxygen atoms in total. The molecule has 1 aromatic rings. The van der Waals surface area contributed by atoms with Gasteiger partial charge in [-0.15, -0.1) is 0 Å². The Morgan fingerprint density at radius 3 is 2.36 bits per heavy atom. The smallest absolute Gasteiger partial charge is 0.314 e. The van der Waals surface area contributed by atoms with E-state index >= 15 is 0 Å². The maximum absolute atomic E-state index is 12.8. The minimum atomic E-state index is -1.48. The fourth-order valence-corrected chi connectivity index (χ4v) is 5.20. The number of hydrogen-bond acceptors (Lipinski definition) is 4. The second-order valence-electron chi connectivity index (χ2n) is 7.50. The van der Waals surface area contributed by atoms with E-state index in [9.17, 15) is 19.8 Å². The topological polar surface area (TPSA) is 87.1 Å². The van der Waals surface area contributed by atoms with Gasteiger partial charge < -0.3 is 14.9 Å². The van der Waals surface area contributed by atoms with Gasteiger partial charge in [0.1, 0.15) is 11.6 Å². The highest BCUT2D eigenvalue weighted by atomic mass is 127. The molecule has 2 N–H and O–H groups in total. The van der Waals surface area contributed by atoms with Crippen LogP contribution in [0.4, 0.5) is 0 Å². The van der Waals surface area contributed by atoms with E-state index in [2.05, 4.69) is 22.6 Å². The summed E-state index contributed by atoms with van der Waals surface area (Å²) in [4.78, 5) is 27.1. The summed E-state index contributed by atoms with van der Waals surface area (Å²) in [5.41, 5.74) is -2.34. The third kappa shape index (κ3) is 3.44. The van der Waals surface area contributed by atoms with Gasteiger partial charge in [0, 0.05) is 21.4 Å². The molecule has 2 rings (SSSR count). The number of ether oxygens (including phenoxy) is 1. The van der Waals surface area contributed by atoms with Crippen LogP contribution in [0.3, 0.4) is 0 Å². The SMILES string of the molecule is CCC1(C(=O)O)C(OCCI)N(C)C(C)C(C)(C(=O)O)C1c1ccccc1Cl. The van der Waals surface area contributed by atoms with Crippen molar-refractivity contribution in [1.29, 1.82) is 0 Å². The number of aliphatic carboxylic acids is 2. The van der Waals surface area contributed by atoms with Crippen molar-refractivity contribution in [2.24, 2.45) is 10.8 Å². The molecule has 0 saturated carbocycles. The van der Waals surface area contributed by atoms with Gasteiger partial charge in [0.2, 0.25) is 0 Å². The second kappa shape index (κ2) is 8.85. The fourth-order valence-electron chi connectivity index (χ4n) is 4.70.